The molecule has 0 unspecified atom stereocenters. The number of methoxy groups -OCH3 is 1. The number of nitro benzene ring substituents is 1. The average molecular weight is 582 g/mol. The summed E-state index contributed by atoms with van der Waals surface area (Å²) in [6, 6.07) is 20.0. The van der Waals surface area contributed by atoms with Gasteiger partial charge in [-0.3, -0.25) is 14.6 Å². The third kappa shape index (κ3) is 5.39. The highest BCUT2D eigenvalue weighted by Crippen LogP contribution is 2.28. The Balaban J connectivity index is 1.60. The zero-order chi connectivity index (χ0) is 28.4. The smallest absolute Gasteiger partial charge is 0.449 e. The number of halogens is 1. The van der Waals surface area contributed by atoms with E-state index < -0.39 is 25.6 Å². The van der Waals surface area contributed by atoms with Gasteiger partial charge >= 0.3 is 20.7 Å². The molecule has 3 aromatic carbocycles. The highest BCUT2D eigenvalue weighted by molar-refractivity contribution is 7.92. The Morgan fingerprint density at radius 2 is 1.55 bits per heavy atom. The van der Waals surface area contributed by atoms with E-state index in [9.17, 15) is 23.3 Å². The van der Waals surface area contributed by atoms with Gasteiger partial charge in [0.2, 0.25) is 11.6 Å². The Morgan fingerprint density at radius 3 is 2.10 bits per heavy atom. The molecule has 0 bridgehead atoms. The number of nitro groups is 1. The fourth-order valence-electron chi connectivity index (χ4n) is 3.73. The van der Waals surface area contributed by atoms with Crippen LogP contribution in [0.4, 0.5) is 11.6 Å². The van der Waals surface area contributed by atoms with Crippen LogP contribution in [-0.2, 0) is 10.0 Å². The molecule has 0 amide bonds. The molecule has 0 atom stereocenters. The molecule has 202 valence electrons. The number of hydrogen-bond donors (Lipinski definition) is 2. The molecule has 0 radical (unpaired) electrons. The van der Waals surface area contributed by atoms with E-state index in [1.807, 2.05) is 0 Å². The van der Waals surface area contributed by atoms with Crippen LogP contribution < -0.4 is 19.8 Å². The first-order valence-corrected chi connectivity index (χ1v) is 13.2. The molecule has 2 N–H and O–H groups in total. The zero-order valence-electron chi connectivity index (χ0n) is 20.4. The SMILES string of the molecule is COc1ccc(-c2cc(-c3ccc([N+](=O)[O-])cc3)nc(NS(=O)(=O)c3c(=O)o[nH][n+]3-c3ccc(Cl)cc3)n2)cc1. The molecular formula is C25H18ClN6O7S+. The number of anilines is 1. The maximum absolute atomic E-state index is 13.4. The Labute approximate surface area is 230 Å². The zero-order valence-corrected chi connectivity index (χ0v) is 22.0. The van der Waals surface area contributed by atoms with Crippen LogP contribution in [0.3, 0.4) is 0 Å². The number of rotatable bonds is 8. The van der Waals surface area contributed by atoms with Crippen LogP contribution in [0.25, 0.3) is 28.2 Å². The molecule has 15 heteroatoms. The van der Waals surface area contributed by atoms with E-state index in [0.717, 1.165) is 4.68 Å². The van der Waals surface area contributed by atoms with Gasteiger partial charge in [0.15, 0.2) is 0 Å². The maximum atomic E-state index is 13.4. The molecule has 0 aliphatic heterocycles. The van der Waals surface area contributed by atoms with Gasteiger partial charge in [0.1, 0.15) is 5.75 Å². The first kappa shape index (κ1) is 26.5. The van der Waals surface area contributed by atoms with Gasteiger partial charge < -0.3 is 4.74 Å². The lowest BCUT2D eigenvalue weighted by molar-refractivity contribution is -0.705. The Bertz CT molecular complexity index is 1870. The van der Waals surface area contributed by atoms with Gasteiger partial charge in [0.25, 0.3) is 5.69 Å². The monoisotopic (exact) mass is 581 g/mol. The predicted octanol–water partition coefficient (Wildman–Crippen LogP) is 3.74. The fourth-order valence-corrected chi connectivity index (χ4v) is 4.92. The lowest BCUT2D eigenvalue weighted by Crippen LogP contribution is -2.42. The molecular weight excluding hydrogens is 564 g/mol. The van der Waals surface area contributed by atoms with E-state index >= 15 is 0 Å². The van der Waals surface area contributed by atoms with Gasteiger partial charge in [-0.1, -0.05) is 11.6 Å². The topological polar surface area (TPSA) is 174 Å². The van der Waals surface area contributed by atoms with Crippen molar-refractivity contribution in [1.29, 1.82) is 0 Å². The van der Waals surface area contributed by atoms with Gasteiger partial charge in [-0.05, 0) is 64.6 Å². The van der Waals surface area contributed by atoms with Gasteiger partial charge in [0, 0.05) is 40.4 Å². The lowest BCUT2D eigenvalue weighted by Gasteiger charge is -2.10. The first-order chi connectivity index (χ1) is 19.1. The van der Waals surface area contributed by atoms with Crippen molar-refractivity contribution >= 4 is 33.3 Å². The van der Waals surface area contributed by atoms with E-state index in [1.54, 1.807) is 30.3 Å². The summed E-state index contributed by atoms with van der Waals surface area (Å²) in [5.41, 5.74) is 0.625. The van der Waals surface area contributed by atoms with Crippen molar-refractivity contribution in [2.45, 2.75) is 5.03 Å². The molecule has 0 saturated carbocycles. The molecule has 0 aliphatic rings. The van der Waals surface area contributed by atoms with E-state index in [4.69, 9.17) is 20.9 Å². The minimum Gasteiger partial charge on any atom is -0.497 e. The molecule has 0 saturated heterocycles. The van der Waals surface area contributed by atoms with E-state index in [0.29, 0.717) is 27.6 Å². The molecule has 0 spiro atoms. The van der Waals surface area contributed by atoms with E-state index in [2.05, 4.69) is 20.0 Å². The summed E-state index contributed by atoms with van der Waals surface area (Å²) in [5.74, 6) is 0.241. The van der Waals surface area contributed by atoms with Crippen molar-refractivity contribution in [2.75, 3.05) is 11.8 Å². The Kier molecular flexibility index (Phi) is 7.02. The summed E-state index contributed by atoms with van der Waals surface area (Å²) < 4.78 is 40.0. The lowest BCUT2D eigenvalue weighted by atomic mass is 10.1. The second-order valence-corrected chi connectivity index (χ2v) is 10.2. The summed E-state index contributed by atoms with van der Waals surface area (Å²) in [7, 11) is -3.09. The van der Waals surface area contributed by atoms with E-state index in [1.165, 1.54) is 55.6 Å². The van der Waals surface area contributed by atoms with Crippen molar-refractivity contribution in [1.82, 2.24) is 15.2 Å². The Morgan fingerprint density at radius 1 is 0.975 bits per heavy atom. The van der Waals surface area contributed by atoms with Crippen molar-refractivity contribution in [2.24, 2.45) is 0 Å². The molecule has 2 aromatic heterocycles. The number of aromatic nitrogens is 4. The largest absolute Gasteiger partial charge is 0.497 e. The van der Waals surface area contributed by atoms with Crippen molar-refractivity contribution < 1.29 is 27.3 Å². The third-order valence-electron chi connectivity index (χ3n) is 5.66. The molecule has 0 fully saturated rings. The minimum absolute atomic E-state index is 0.125. The number of H-pyrrole nitrogens is 1. The van der Waals surface area contributed by atoms with Gasteiger partial charge in [-0.15, -0.1) is 0 Å². The molecule has 40 heavy (non-hydrogen) atoms. The molecule has 0 aliphatic carbocycles. The summed E-state index contributed by atoms with van der Waals surface area (Å²) in [5, 5.41) is 13.0. The molecule has 2 heterocycles. The summed E-state index contributed by atoms with van der Waals surface area (Å²) in [6.07, 6.45) is 0. The quantitative estimate of drug-likeness (QED) is 0.157. The number of aromatic amines is 1. The van der Waals surface area contributed by atoms with Crippen molar-refractivity contribution in [3.05, 3.63) is 104 Å². The van der Waals surface area contributed by atoms with Crippen LogP contribution in [0.2, 0.25) is 5.02 Å². The van der Waals surface area contributed by atoms with Gasteiger partial charge in [0.05, 0.1) is 23.4 Å². The van der Waals surface area contributed by atoms with Crippen molar-refractivity contribution in [3.8, 4) is 34.0 Å². The number of hydrogen-bond acceptors (Lipinski definition) is 9. The number of nitrogens with zero attached hydrogens (tertiary/aromatic N) is 4. The third-order valence-corrected chi connectivity index (χ3v) is 7.22. The van der Waals surface area contributed by atoms with Crippen LogP contribution in [-0.4, -0.2) is 35.7 Å². The Hall–Kier alpha value is -5.08. The fraction of sp³-hybridized carbons (Fsp3) is 0.0400. The van der Waals surface area contributed by atoms with Gasteiger partial charge in [-0.25, -0.2) is 19.5 Å². The van der Waals surface area contributed by atoms with Crippen LogP contribution in [0.5, 0.6) is 5.75 Å². The average Bonchev–Trinajstić information content (AvgIpc) is 3.35. The summed E-state index contributed by atoms with van der Waals surface area (Å²) in [6.45, 7) is 0. The highest BCUT2D eigenvalue weighted by atomic mass is 35.5. The maximum Gasteiger partial charge on any atom is 0.449 e. The van der Waals surface area contributed by atoms with Gasteiger partial charge in [-0.2, -0.15) is 8.42 Å². The molecule has 5 aromatic rings. The standard InChI is InChI=1S/C25H17ClN6O7S/c1-38-20-12-4-16(5-13-20)22-14-21(15-2-8-19(9-3-15)32(34)35)27-25(28-22)29-40(36,37)23-24(33)39-30-31(23)18-10-6-17(26)7-11-18/h2-14H,1H3,(H-,27,28,29,30,33)/p+1. The number of sulfonamides is 1. The van der Waals surface area contributed by atoms with Crippen LogP contribution in [0, 0.1) is 10.1 Å². The van der Waals surface area contributed by atoms with Crippen LogP contribution >= 0.6 is 11.6 Å². The van der Waals surface area contributed by atoms with Crippen LogP contribution in [0.1, 0.15) is 0 Å². The van der Waals surface area contributed by atoms with E-state index in [-0.39, 0.29) is 23.0 Å². The second-order valence-electron chi connectivity index (χ2n) is 8.20. The molecule has 5 rings (SSSR count). The minimum atomic E-state index is -4.61. The second kappa shape index (κ2) is 10.6. The number of nitrogens with one attached hydrogen (secondary N) is 2. The molecule has 13 nitrogen and oxygen atoms in total. The summed E-state index contributed by atoms with van der Waals surface area (Å²) >= 11 is 5.92. The first-order valence-electron chi connectivity index (χ1n) is 11.4. The number of ether oxygens (including phenoxy) is 1. The number of benzene rings is 3. The highest BCUT2D eigenvalue weighted by Gasteiger charge is 2.37. The summed E-state index contributed by atoms with van der Waals surface area (Å²) in [4.78, 5) is 31.7. The van der Waals surface area contributed by atoms with Crippen molar-refractivity contribution in [3.63, 3.8) is 0 Å². The number of non-ortho nitro benzene ring substituents is 1. The predicted molar refractivity (Wildman–Crippen MR) is 143 cm³/mol. The van der Waals surface area contributed by atoms with Crippen LogP contribution in [0.15, 0.2) is 93.2 Å². The normalized spacial score (nSPS) is 11.2.